The zero-order valence-electron chi connectivity index (χ0n) is 72.5. The van der Waals surface area contributed by atoms with Gasteiger partial charge in [-0.2, -0.15) is 5.10 Å². The molecule has 2 amide bonds. The van der Waals surface area contributed by atoms with Crippen molar-refractivity contribution in [1.29, 1.82) is 0 Å². The van der Waals surface area contributed by atoms with Crippen molar-refractivity contribution in [2.24, 2.45) is 30.9 Å². The quantitative estimate of drug-likeness (QED) is 0.0258. The van der Waals surface area contributed by atoms with Crippen molar-refractivity contribution in [2.75, 3.05) is 0 Å². The molecular weight excluding hydrogens is 1760 g/mol. The summed E-state index contributed by atoms with van der Waals surface area (Å²) in [5, 5.41) is 54.8. The molecule has 0 fully saturated rings. The highest BCUT2D eigenvalue weighted by Crippen LogP contribution is 2.46. The van der Waals surface area contributed by atoms with Gasteiger partial charge in [0, 0.05) is 84.1 Å². The Labute approximate surface area is 764 Å². The molecule has 0 aliphatic carbocycles. The Hall–Kier alpha value is -11.4. The van der Waals surface area contributed by atoms with E-state index < -0.39 is 35.4 Å². The highest BCUT2D eigenvalue weighted by Gasteiger charge is 2.39. The maximum atomic E-state index is 12.9. The predicted molar refractivity (Wildman–Crippen MR) is 499 cm³/mol. The Balaban J connectivity index is 0.000000137. The lowest BCUT2D eigenvalue weighted by Crippen LogP contribution is -2.31. The van der Waals surface area contributed by atoms with E-state index in [-0.39, 0.29) is 55.2 Å². The minimum atomic E-state index is -0.569. The van der Waals surface area contributed by atoms with Gasteiger partial charge in [0.15, 0.2) is 23.3 Å². The van der Waals surface area contributed by atoms with Crippen molar-refractivity contribution in [2.45, 2.75) is 186 Å². The monoisotopic (exact) mass is 1840 g/mol. The number of rotatable bonds is 14. The molecule has 13 aromatic rings. The molecule has 12 heterocycles. The summed E-state index contributed by atoms with van der Waals surface area (Å²) in [6.07, 6.45) is 1.80. The van der Waals surface area contributed by atoms with Gasteiger partial charge < -0.3 is 14.6 Å². The molecule has 4 aliphatic heterocycles. The maximum absolute atomic E-state index is 12.9. The second kappa shape index (κ2) is 37.3. The van der Waals surface area contributed by atoms with Crippen molar-refractivity contribution in [3.63, 3.8) is 0 Å². The second-order valence-corrected chi connectivity index (χ2v) is 39.1. The van der Waals surface area contributed by atoms with Crippen LogP contribution in [0.2, 0.25) is 20.1 Å². The highest BCUT2D eigenvalue weighted by molar-refractivity contribution is 7.16. The average molecular weight is 1850 g/mol. The van der Waals surface area contributed by atoms with Crippen LogP contribution < -0.4 is 16.7 Å². The third kappa shape index (κ3) is 19.4. The number of carbonyl (C=O) groups is 4. The van der Waals surface area contributed by atoms with Crippen LogP contribution in [-0.4, -0.2) is 128 Å². The van der Waals surface area contributed by atoms with E-state index in [2.05, 4.69) is 112 Å². The van der Waals surface area contributed by atoms with Crippen LogP contribution in [0.15, 0.2) is 146 Å². The number of hydrazine groups is 1. The van der Waals surface area contributed by atoms with E-state index in [0.29, 0.717) is 43.4 Å². The molecule has 8 aromatic heterocycles. The number of aliphatic imine (C=N–C) groups is 4. The van der Waals surface area contributed by atoms with Crippen LogP contribution >= 0.6 is 91.8 Å². The lowest BCUT2D eigenvalue weighted by Gasteiger charge is -2.21. The number of nitrogens with one attached hydrogen (secondary N) is 2. The number of aromatic hydroxyl groups is 1. The Morgan fingerprint density at radius 1 is 0.397 bits per heavy atom. The van der Waals surface area contributed by atoms with Crippen molar-refractivity contribution in [3.8, 4) is 25.8 Å². The molecule has 27 nitrogen and oxygen atoms in total. The summed E-state index contributed by atoms with van der Waals surface area (Å²) < 4.78 is 19.2. The number of nitrogens with zero attached hydrogens (tertiary/aromatic N) is 17. The van der Waals surface area contributed by atoms with Crippen LogP contribution in [0.1, 0.15) is 230 Å². The van der Waals surface area contributed by atoms with E-state index >= 15 is 0 Å². The molecular formula is C91H92Cl4N20O7S4. The van der Waals surface area contributed by atoms with Crippen LogP contribution in [-0.2, 0) is 28.7 Å². The van der Waals surface area contributed by atoms with E-state index in [1.54, 1.807) is 69.6 Å². The Morgan fingerprint density at radius 3 is 0.905 bits per heavy atom. The number of hydrogen-bond acceptors (Lipinski definition) is 25. The van der Waals surface area contributed by atoms with Gasteiger partial charge in [-0.3, -0.25) is 62.8 Å². The van der Waals surface area contributed by atoms with Gasteiger partial charge in [0.1, 0.15) is 84.4 Å². The van der Waals surface area contributed by atoms with E-state index in [1.165, 1.54) is 25.7 Å². The molecule has 0 bridgehead atoms. The van der Waals surface area contributed by atoms with Gasteiger partial charge in [-0.05, 0) is 225 Å². The third-order valence-corrected chi connectivity index (χ3v) is 27.0. The topological polar surface area (TPSA) is 342 Å². The molecule has 0 saturated heterocycles. The summed E-state index contributed by atoms with van der Waals surface area (Å²) in [4.78, 5) is 75.4. The number of ether oxygens (including phenoxy) is 2. The molecule has 0 unspecified atom stereocenters. The first kappa shape index (κ1) is 90.8. The summed E-state index contributed by atoms with van der Waals surface area (Å²) in [5.41, 5.74) is 20.1. The van der Waals surface area contributed by atoms with Gasteiger partial charge in [0.05, 0.1) is 54.7 Å². The lowest BCUT2D eigenvalue weighted by molar-refractivity contribution is -0.156. The van der Waals surface area contributed by atoms with Gasteiger partial charge in [-0.15, -0.1) is 86.1 Å². The molecule has 35 heteroatoms. The number of aromatic nitrogens is 12. The number of hydrazone groups is 1. The Morgan fingerprint density at radius 2 is 0.651 bits per heavy atom. The van der Waals surface area contributed by atoms with Crippen LogP contribution in [0.4, 0.5) is 0 Å². The molecule has 0 radical (unpaired) electrons. The number of aryl methyl sites for hydroxylation is 8. The normalized spacial score (nSPS) is 15.4. The SMILES string of the molecule is Cc1sc2c(c1C)C(c1ccc(Cl)cc1)=N[C@@H](CC(=O)N/N=C\c1ccc(O)cc1)c1nnc(C)n1-2.Cc1sc2c(c1C)C(c1ccc(Cl)cc1)=N[C@@H](CC(=O)NN)c1nnc(C)n1-2.Cc1sc2c(c1C)C(c1ccc(Cl)cc1)=N[C@@H](CC(=O)OC(C)(C)C)c1nnc(C)n1-2.Cc1sc2c(c1C)C(c1ccc(Cl)cc1)=N[C@H](CC(=O)OC(C)(C)C)c1nnc(C)n1-2. The predicted octanol–water partition coefficient (Wildman–Crippen LogP) is 19.3. The molecule has 4 aliphatic rings. The number of benzene rings is 5. The number of carbonyl (C=O) groups excluding carboxylic acids is 4. The zero-order chi connectivity index (χ0) is 90.4. The first-order valence-corrected chi connectivity index (χ1v) is 45.1. The van der Waals surface area contributed by atoms with Crippen LogP contribution in [0.5, 0.6) is 5.75 Å². The first-order valence-electron chi connectivity index (χ1n) is 40.3. The van der Waals surface area contributed by atoms with Gasteiger partial charge in [0.2, 0.25) is 11.8 Å². The number of phenols is 1. The number of amides is 2. The maximum Gasteiger partial charge on any atom is 0.308 e. The van der Waals surface area contributed by atoms with Crippen LogP contribution in [0.3, 0.4) is 0 Å². The smallest absolute Gasteiger partial charge is 0.308 e. The van der Waals surface area contributed by atoms with Crippen molar-refractivity contribution in [1.82, 2.24) is 69.9 Å². The van der Waals surface area contributed by atoms with E-state index in [1.807, 2.05) is 185 Å². The number of esters is 2. The molecule has 5 N–H and O–H groups in total. The lowest BCUT2D eigenvalue weighted by atomic mass is 9.99. The fraction of sp³-hybridized carbons (Fsp3) is 0.308. The summed E-state index contributed by atoms with van der Waals surface area (Å²) >= 11 is 31.2. The standard InChI is InChI=1S/C26H23ClN6O2S.2C23H25ClN4O2S.C19H19ClN6OS/c1-14-15(2)36-26-23(14)24(18-6-8-19(27)9-7-18)29-21(25-32-30-16(3)33(25)26)12-22(35)31-28-13-17-4-10-20(34)11-5-17;2*1-12-13(2)31-22-19(12)20(15-7-9-16(24)10-8-15)25-17(11-18(29)30-23(4,5)6)21-27-26-14(3)28(21)22;1-9-10(2)28-19-16(9)17(12-4-6-13(20)7-5-12)22-14(8-15(27)23-21)18-25-24-11(3)26(18)19/h4-11,13,21,34H,12H2,1-3H3,(H,31,35);2*7-10,17H,11H2,1-6H3;4-7,14H,8,21H2,1-3H3,(H,23,27)/b28-13-;;;/t21-;2*17-;14-/m0100/s1. The van der Waals surface area contributed by atoms with E-state index in [0.717, 1.165) is 138 Å². The fourth-order valence-corrected chi connectivity index (χ4v) is 20.2. The minimum absolute atomic E-state index is 0.0368. The van der Waals surface area contributed by atoms with E-state index in [9.17, 15) is 24.3 Å². The molecule has 5 aromatic carbocycles. The first-order chi connectivity index (χ1) is 59.8. The highest BCUT2D eigenvalue weighted by atomic mass is 35.5. The van der Waals surface area contributed by atoms with Gasteiger partial charge >= 0.3 is 11.9 Å². The van der Waals surface area contributed by atoms with Crippen molar-refractivity contribution < 1.29 is 33.8 Å². The Bertz CT molecular complexity index is 6340. The average Bonchev–Trinajstić information content (AvgIpc) is 1.61. The molecule has 650 valence electrons. The van der Waals surface area contributed by atoms with Crippen LogP contribution in [0, 0.1) is 83.1 Å². The third-order valence-electron chi connectivity index (χ3n) is 21.2. The van der Waals surface area contributed by atoms with Crippen molar-refractivity contribution in [3.05, 3.63) is 280 Å². The van der Waals surface area contributed by atoms with Crippen LogP contribution in [0.25, 0.3) is 20.0 Å². The molecule has 126 heavy (non-hydrogen) atoms. The number of phenolic OH excluding ortho intramolecular Hbond substituents is 1. The number of halogens is 4. The van der Waals surface area contributed by atoms with Gasteiger partial charge in [-0.1, -0.05) is 94.9 Å². The summed E-state index contributed by atoms with van der Waals surface area (Å²) in [6, 6.07) is 34.8. The number of fused-ring (bicyclic) bond motifs is 12. The summed E-state index contributed by atoms with van der Waals surface area (Å²) in [7, 11) is 0. The molecule has 0 saturated carbocycles. The Kier molecular flexibility index (Phi) is 26.9. The largest absolute Gasteiger partial charge is 0.508 e. The molecule has 17 rings (SSSR count). The molecule has 4 atom stereocenters. The number of nitrogens with two attached hydrogens (primary N) is 1. The minimum Gasteiger partial charge on any atom is -0.508 e. The van der Waals surface area contributed by atoms with Gasteiger partial charge in [-0.25, -0.2) is 11.3 Å². The van der Waals surface area contributed by atoms with Gasteiger partial charge in [0.25, 0.3) is 0 Å². The number of hydrogen-bond donors (Lipinski definition) is 4. The summed E-state index contributed by atoms with van der Waals surface area (Å²) in [5.74, 6) is 9.78. The fourth-order valence-electron chi connectivity index (χ4n) is 14.8. The zero-order valence-corrected chi connectivity index (χ0v) is 78.8. The van der Waals surface area contributed by atoms with E-state index in [4.69, 9.17) is 81.7 Å². The second-order valence-electron chi connectivity index (χ2n) is 32.6. The molecule has 0 spiro atoms. The van der Waals surface area contributed by atoms with Crippen molar-refractivity contribution >= 4 is 145 Å². The summed E-state index contributed by atoms with van der Waals surface area (Å²) in [6.45, 7) is 35.5. The number of thiophene rings is 4.